The van der Waals surface area contributed by atoms with Crippen LogP contribution in [0.5, 0.6) is 0 Å². The second-order valence-corrected chi connectivity index (χ2v) is 6.59. The maximum atomic E-state index is 12.9. The van der Waals surface area contributed by atoms with Crippen molar-refractivity contribution in [1.29, 1.82) is 0 Å². The molecule has 1 aromatic heterocycles. The lowest BCUT2D eigenvalue weighted by atomic mass is 10.00. The average molecular weight is 347 g/mol. The van der Waals surface area contributed by atoms with E-state index < -0.39 is 0 Å². The number of likely N-dealkylation sites (tertiary alicyclic amines) is 1. The van der Waals surface area contributed by atoms with Crippen LogP contribution in [0.3, 0.4) is 0 Å². The SMILES string of the molecule is CN1CCC(NC(=O)c2n[nH]nc2-c2ccccc2)C1c1ccccc1. The Bertz CT molecular complexity index is 877. The zero-order valence-corrected chi connectivity index (χ0v) is 14.6. The summed E-state index contributed by atoms with van der Waals surface area (Å²) in [6.45, 7) is 0.939. The number of rotatable bonds is 4. The van der Waals surface area contributed by atoms with Gasteiger partial charge >= 0.3 is 0 Å². The molecule has 0 aliphatic carbocycles. The van der Waals surface area contributed by atoms with E-state index in [1.165, 1.54) is 5.56 Å². The van der Waals surface area contributed by atoms with Gasteiger partial charge in [-0.15, -0.1) is 0 Å². The van der Waals surface area contributed by atoms with Gasteiger partial charge in [-0.2, -0.15) is 15.4 Å². The number of aromatic amines is 1. The number of carbonyl (C=O) groups is 1. The number of nitrogens with one attached hydrogen (secondary N) is 2. The predicted molar refractivity (Wildman–Crippen MR) is 99.5 cm³/mol. The van der Waals surface area contributed by atoms with Crippen LogP contribution < -0.4 is 5.32 Å². The minimum atomic E-state index is -0.196. The number of hydrogen-bond donors (Lipinski definition) is 2. The minimum Gasteiger partial charge on any atom is -0.346 e. The number of carbonyl (C=O) groups excluding carboxylic acids is 1. The van der Waals surface area contributed by atoms with E-state index in [4.69, 9.17) is 0 Å². The first kappa shape index (κ1) is 16.5. The molecule has 26 heavy (non-hydrogen) atoms. The molecule has 2 atom stereocenters. The molecule has 4 rings (SSSR count). The van der Waals surface area contributed by atoms with Crippen molar-refractivity contribution in [3.05, 3.63) is 71.9 Å². The topological polar surface area (TPSA) is 73.9 Å². The van der Waals surface area contributed by atoms with Gasteiger partial charge in [0.25, 0.3) is 5.91 Å². The number of H-pyrrole nitrogens is 1. The monoisotopic (exact) mass is 347 g/mol. The fourth-order valence-corrected chi connectivity index (χ4v) is 3.66. The third-order valence-corrected chi connectivity index (χ3v) is 4.92. The van der Waals surface area contributed by atoms with Gasteiger partial charge in [0.1, 0.15) is 5.69 Å². The summed E-state index contributed by atoms with van der Waals surface area (Å²) in [7, 11) is 2.09. The quantitative estimate of drug-likeness (QED) is 0.761. The minimum absolute atomic E-state index is 0.0372. The Morgan fingerprint density at radius 2 is 1.77 bits per heavy atom. The molecule has 1 amide bonds. The van der Waals surface area contributed by atoms with Crippen LogP contribution in [0.2, 0.25) is 0 Å². The van der Waals surface area contributed by atoms with Crippen molar-refractivity contribution >= 4 is 5.91 Å². The van der Waals surface area contributed by atoms with E-state index >= 15 is 0 Å². The molecule has 6 heteroatoms. The molecule has 2 heterocycles. The Hall–Kier alpha value is -2.99. The van der Waals surface area contributed by atoms with Gasteiger partial charge in [0.2, 0.25) is 0 Å². The second-order valence-electron chi connectivity index (χ2n) is 6.59. The van der Waals surface area contributed by atoms with Crippen molar-refractivity contribution in [2.24, 2.45) is 0 Å². The van der Waals surface area contributed by atoms with Crippen molar-refractivity contribution in [1.82, 2.24) is 25.6 Å². The third kappa shape index (κ3) is 3.11. The third-order valence-electron chi connectivity index (χ3n) is 4.92. The van der Waals surface area contributed by atoms with Crippen LogP contribution in [0.4, 0.5) is 0 Å². The van der Waals surface area contributed by atoms with E-state index in [2.05, 4.69) is 44.8 Å². The van der Waals surface area contributed by atoms with Crippen LogP contribution in [0.25, 0.3) is 11.3 Å². The van der Waals surface area contributed by atoms with E-state index in [1.54, 1.807) is 0 Å². The lowest BCUT2D eigenvalue weighted by Crippen LogP contribution is -2.39. The number of likely N-dealkylation sites (N-methyl/N-ethyl adjacent to an activating group) is 1. The van der Waals surface area contributed by atoms with Gasteiger partial charge in [-0.25, -0.2) is 0 Å². The molecule has 1 fully saturated rings. The average Bonchev–Trinajstić information content (AvgIpc) is 3.30. The molecule has 1 saturated heterocycles. The largest absolute Gasteiger partial charge is 0.346 e. The zero-order chi connectivity index (χ0) is 17.9. The number of nitrogens with zero attached hydrogens (tertiary/aromatic N) is 3. The van der Waals surface area contributed by atoms with Crippen LogP contribution in [0.15, 0.2) is 60.7 Å². The fraction of sp³-hybridized carbons (Fsp3) is 0.250. The lowest BCUT2D eigenvalue weighted by Gasteiger charge is -2.26. The van der Waals surface area contributed by atoms with Crippen molar-refractivity contribution < 1.29 is 4.79 Å². The Morgan fingerprint density at radius 3 is 2.50 bits per heavy atom. The molecule has 2 N–H and O–H groups in total. The molecule has 3 aromatic rings. The maximum Gasteiger partial charge on any atom is 0.274 e. The van der Waals surface area contributed by atoms with Gasteiger partial charge in [-0.3, -0.25) is 9.69 Å². The summed E-state index contributed by atoms with van der Waals surface area (Å²) in [5.41, 5.74) is 2.99. The van der Waals surface area contributed by atoms with E-state index in [0.29, 0.717) is 11.4 Å². The molecule has 132 valence electrons. The van der Waals surface area contributed by atoms with Gasteiger partial charge in [-0.05, 0) is 19.0 Å². The maximum absolute atomic E-state index is 12.9. The molecule has 2 aromatic carbocycles. The van der Waals surface area contributed by atoms with Crippen LogP contribution in [0.1, 0.15) is 28.5 Å². The van der Waals surface area contributed by atoms with Crippen LogP contribution in [-0.4, -0.2) is 45.9 Å². The summed E-state index contributed by atoms with van der Waals surface area (Å²) in [6.07, 6.45) is 0.903. The molecular formula is C20H21N5O. The molecule has 2 unspecified atom stereocenters. The first-order valence-electron chi connectivity index (χ1n) is 8.76. The summed E-state index contributed by atoms with van der Waals surface area (Å²) in [4.78, 5) is 15.2. The lowest BCUT2D eigenvalue weighted by molar-refractivity contribution is 0.0923. The number of benzene rings is 2. The molecule has 1 aliphatic heterocycles. The number of hydrogen-bond acceptors (Lipinski definition) is 4. The molecule has 6 nitrogen and oxygen atoms in total. The van der Waals surface area contributed by atoms with Gasteiger partial charge < -0.3 is 5.32 Å². The second kappa shape index (κ2) is 7.09. The first-order chi connectivity index (χ1) is 12.7. The highest BCUT2D eigenvalue weighted by Gasteiger charge is 2.34. The van der Waals surface area contributed by atoms with Crippen LogP contribution in [0, 0.1) is 0 Å². The summed E-state index contributed by atoms with van der Waals surface area (Å²) in [5, 5.41) is 14.0. The highest BCUT2D eigenvalue weighted by Crippen LogP contribution is 2.31. The Kier molecular flexibility index (Phi) is 4.50. The fourth-order valence-electron chi connectivity index (χ4n) is 3.66. The normalized spacial score (nSPS) is 20.2. The van der Waals surface area contributed by atoms with Crippen LogP contribution in [-0.2, 0) is 0 Å². The summed E-state index contributed by atoms with van der Waals surface area (Å²) >= 11 is 0. The summed E-state index contributed by atoms with van der Waals surface area (Å²) < 4.78 is 0. The highest BCUT2D eigenvalue weighted by molar-refractivity contribution is 5.98. The van der Waals surface area contributed by atoms with Crippen molar-refractivity contribution in [2.45, 2.75) is 18.5 Å². The first-order valence-corrected chi connectivity index (χ1v) is 8.76. The Morgan fingerprint density at radius 1 is 1.08 bits per heavy atom. The number of amides is 1. The summed E-state index contributed by atoms with van der Waals surface area (Å²) in [5.74, 6) is -0.196. The van der Waals surface area contributed by atoms with Crippen LogP contribution >= 0.6 is 0 Å². The highest BCUT2D eigenvalue weighted by atomic mass is 16.2. The van der Waals surface area contributed by atoms with E-state index in [9.17, 15) is 4.79 Å². The Labute approximate surface area is 152 Å². The molecule has 1 aliphatic rings. The molecular weight excluding hydrogens is 326 g/mol. The Balaban J connectivity index is 1.56. The molecule has 0 radical (unpaired) electrons. The molecule has 0 saturated carbocycles. The number of aromatic nitrogens is 3. The smallest absolute Gasteiger partial charge is 0.274 e. The van der Waals surface area contributed by atoms with Gasteiger partial charge in [0, 0.05) is 12.1 Å². The van der Waals surface area contributed by atoms with E-state index in [1.807, 2.05) is 48.5 Å². The molecule has 0 bridgehead atoms. The van der Waals surface area contributed by atoms with Crippen molar-refractivity contribution in [3.63, 3.8) is 0 Å². The van der Waals surface area contributed by atoms with Gasteiger partial charge in [-0.1, -0.05) is 60.7 Å². The van der Waals surface area contributed by atoms with Crippen molar-refractivity contribution in [3.8, 4) is 11.3 Å². The van der Waals surface area contributed by atoms with E-state index in [-0.39, 0.29) is 18.0 Å². The standard InChI is InChI=1S/C20H21N5O/c1-25-13-12-16(19(25)15-10-6-3-7-11-15)21-20(26)18-17(22-24-23-18)14-8-4-2-5-9-14/h2-11,16,19H,12-13H2,1H3,(H,21,26)(H,22,23,24). The zero-order valence-electron chi connectivity index (χ0n) is 14.6. The summed E-state index contributed by atoms with van der Waals surface area (Å²) in [6, 6.07) is 20.1. The van der Waals surface area contributed by atoms with Gasteiger partial charge in [0.15, 0.2) is 5.69 Å². The molecule has 0 spiro atoms. The van der Waals surface area contributed by atoms with Gasteiger partial charge in [0.05, 0.1) is 12.1 Å². The van der Waals surface area contributed by atoms with E-state index in [0.717, 1.165) is 18.5 Å². The van der Waals surface area contributed by atoms with Crippen molar-refractivity contribution in [2.75, 3.05) is 13.6 Å². The predicted octanol–water partition coefficient (Wildman–Crippen LogP) is 2.65.